The Kier molecular flexibility index (Phi) is 5.88. The molecule has 0 amide bonds. The summed E-state index contributed by atoms with van der Waals surface area (Å²) in [5, 5.41) is 0.867. The Morgan fingerprint density at radius 1 is 0.833 bits per heavy atom. The van der Waals surface area contributed by atoms with Crippen LogP contribution in [-0.4, -0.2) is 24.0 Å². The summed E-state index contributed by atoms with van der Waals surface area (Å²) in [6.07, 6.45) is 8.84. The Balaban J connectivity index is 5.11. The zero-order chi connectivity index (χ0) is 14.9. The fraction of sp³-hybridized carbons (Fsp3) is 1.00. The van der Waals surface area contributed by atoms with Crippen LogP contribution in [0.5, 0.6) is 0 Å². The topological polar surface area (TPSA) is 0 Å². The quantitative estimate of drug-likeness (QED) is 0.607. The van der Waals surface area contributed by atoms with Crippen molar-refractivity contribution >= 4 is 10.0 Å². The number of hydrogen-bond acceptors (Lipinski definition) is 0. The highest BCUT2D eigenvalue weighted by Gasteiger charge is 2.36. The zero-order valence-corrected chi connectivity index (χ0v) is 15.7. The third kappa shape index (κ3) is 5.99. The van der Waals surface area contributed by atoms with Gasteiger partial charge in [0.05, 0.1) is 0 Å². The van der Waals surface area contributed by atoms with Crippen molar-refractivity contribution in [3.8, 4) is 0 Å². The lowest BCUT2D eigenvalue weighted by molar-refractivity contribution is 0.170. The minimum atomic E-state index is -0.503. The van der Waals surface area contributed by atoms with Crippen molar-refractivity contribution in [2.45, 2.75) is 67.1 Å². The van der Waals surface area contributed by atoms with Crippen LogP contribution < -0.4 is 0 Å². The molecule has 0 aromatic rings. The van der Waals surface area contributed by atoms with Crippen LogP contribution in [0.3, 0.4) is 0 Å². The van der Waals surface area contributed by atoms with Crippen LogP contribution in [-0.2, 0) is 0 Å². The van der Waals surface area contributed by atoms with E-state index in [0.29, 0.717) is 10.8 Å². The average molecular weight is 275 g/mol. The monoisotopic (exact) mass is 274 g/mol. The van der Waals surface area contributed by atoms with Gasteiger partial charge in [0.25, 0.3) is 0 Å². The van der Waals surface area contributed by atoms with Gasteiger partial charge in [-0.15, -0.1) is 0 Å². The molecule has 0 aliphatic carbocycles. The summed E-state index contributed by atoms with van der Waals surface area (Å²) in [7, 11) is -0.503. The van der Waals surface area contributed by atoms with Crippen molar-refractivity contribution in [1.29, 1.82) is 0 Å². The highest BCUT2D eigenvalue weighted by Crippen LogP contribution is 2.52. The Hall–Kier alpha value is 0.350. The number of rotatable bonds is 4. The van der Waals surface area contributed by atoms with E-state index in [-0.39, 0.29) is 0 Å². The molecule has 1 heteroatoms. The summed E-state index contributed by atoms with van der Waals surface area (Å²) in [5.41, 5.74) is 0.858. The number of hydrogen-bond donors (Lipinski definition) is 0. The molecule has 0 radical (unpaired) electrons. The van der Waals surface area contributed by atoms with Crippen molar-refractivity contribution in [2.75, 3.05) is 18.8 Å². The van der Waals surface area contributed by atoms with Gasteiger partial charge in [0.2, 0.25) is 0 Å². The molecule has 0 aliphatic rings. The van der Waals surface area contributed by atoms with E-state index in [1.165, 1.54) is 6.42 Å². The summed E-state index contributed by atoms with van der Waals surface area (Å²) >= 11 is 0. The van der Waals surface area contributed by atoms with Crippen molar-refractivity contribution in [1.82, 2.24) is 0 Å². The molecule has 0 saturated heterocycles. The molecular weight excluding hydrogens is 236 g/mol. The molecule has 0 aromatic heterocycles. The molecule has 0 nitrogen and oxygen atoms in total. The highest BCUT2D eigenvalue weighted by molar-refractivity contribution is 8.32. The zero-order valence-electron chi connectivity index (χ0n) is 14.8. The predicted molar refractivity (Wildman–Crippen MR) is 91.0 cm³/mol. The molecule has 3 unspecified atom stereocenters. The first-order chi connectivity index (χ1) is 7.66. The van der Waals surface area contributed by atoms with Gasteiger partial charge in [0, 0.05) is 0 Å². The first-order valence-electron chi connectivity index (χ1n) is 7.33. The van der Waals surface area contributed by atoms with Gasteiger partial charge in [-0.25, -0.2) is 10.0 Å². The molecule has 3 atom stereocenters. The maximum absolute atomic E-state index is 2.50. The van der Waals surface area contributed by atoms with Crippen LogP contribution in [0, 0.1) is 22.7 Å². The fourth-order valence-corrected chi connectivity index (χ4v) is 5.32. The maximum atomic E-state index is 2.50. The minimum Gasteiger partial charge on any atom is -0.247 e. The summed E-state index contributed by atoms with van der Waals surface area (Å²) < 4.78 is 0. The normalized spacial score (nSPS) is 20.4. The Labute approximate surface area is 119 Å². The molecule has 0 spiro atoms. The molecule has 0 rings (SSSR count). The second-order valence-electron chi connectivity index (χ2n) is 9.25. The second kappa shape index (κ2) is 5.77. The van der Waals surface area contributed by atoms with E-state index < -0.39 is 10.0 Å². The molecule has 0 fully saturated rings. The van der Waals surface area contributed by atoms with Crippen LogP contribution in [0.15, 0.2) is 0 Å². The minimum absolute atomic E-state index is 0.417. The summed E-state index contributed by atoms with van der Waals surface area (Å²) in [5.74, 6) is 1.58. The van der Waals surface area contributed by atoms with Gasteiger partial charge in [-0.05, 0) is 53.1 Å². The van der Waals surface area contributed by atoms with E-state index in [2.05, 4.69) is 74.2 Å². The first-order valence-corrected chi connectivity index (χ1v) is 10.3. The van der Waals surface area contributed by atoms with Crippen LogP contribution in [0.2, 0.25) is 0 Å². The Bertz CT molecular complexity index is 246. The lowest BCUT2D eigenvalue weighted by Crippen LogP contribution is -2.36. The van der Waals surface area contributed by atoms with Gasteiger partial charge < -0.3 is 0 Å². The van der Waals surface area contributed by atoms with Gasteiger partial charge >= 0.3 is 0 Å². The van der Waals surface area contributed by atoms with E-state index in [1.54, 1.807) is 0 Å². The van der Waals surface area contributed by atoms with E-state index >= 15 is 0 Å². The molecule has 0 bridgehead atoms. The molecule has 0 aromatic carbocycles. The van der Waals surface area contributed by atoms with E-state index in [1.807, 2.05) is 0 Å². The molecule has 0 heterocycles. The largest absolute Gasteiger partial charge is 0.247 e. The maximum Gasteiger partial charge on any atom is -0.00857 e. The van der Waals surface area contributed by atoms with Crippen LogP contribution >= 0.6 is 10.0 Å². The SMILES string of the molecule is CC(C(C)C(C)(C)C)C(CC(C)(C)C)S(C)(C)C. The van der Waals surface area contributed by atoms with Crippen LogP contribution in [0.25, 0.3) is 0 Å². The molecular formula is C17H38S. The van der Waals surface area contributed by atoms with Crippen molar-refractivity contribution in [3.05, 3.63) is 0 Å². The Morgan fingerprint density at radius 2 is 1.22 bits per heavy atom. The van der Waals surface area contributed by atoms with Crippen LogP contribution in [0.4, 0.5) is 0 Å². The van der Waals surface area contributed by atoms with Gasteiger partial charge in [-0.1, -0.05) is 55.4 Å². The average Bonchev–Trinajstić information content (AvgIpc) is 2.07. The van der Waals surface area contributed by atoms with E-state index in [4.69, 9.17) is 0 Å². The van der Waals surface area contributed by atoms with Gasteiger partial charge in [-0.3, -0.25) is 0 Å². The van der Waals surface area contributed by atoms with Crippen molar-refractivity contribution in [3.63, 3.8) is 0 Å². The summed E-state index contributed by atoms with van der Waals surface area (Å²) in [4.78, 5) is 0. The lowest BCUT2D eigenvalue weighted by Gasteiger charge is -2.47. The fourth-order valence-electron chi connectivity index (χ4n) is 2.79. The first kappa shape index (κ1) is 18.4. The Morgan fingerprint density at radius 3 is 1.44 bits per heavy atom. The molecule has 0 aliphatic heterocycles. The molecule has 0 saturated carbocycles. The van der Waals surface area contributed by atoms with Crippen molar-refractivity contribution < 1.29 is 0 Å². The summed E-state index contributed by atoms with van der Waals surface area (Å²) in [6.45, 7) is 19.3. The smallest absolute Gasteiger partial charge is 0.00857 e. The second-order valence-corrected chi connectivity index (χ2v) is 13.7. The predicted octanol–water partition coefficient (Wildman–Crippen LogP) is 5.80. The third-order valence-corrected chi connectivity index (χ3v) is 6.88. The van der Waals surface area contributed by atoms with Crippen LogP contribution in [0.1, 0.15) is 61.8 Å². The molecule has 112 valence electrons. The van der Waals surface area contributed by atoms with Gasteiger partial charge in [0.1, 0.15) is 0 Å². The lowest BCUT2D eigenvalue weighted by atomic mass is 9.72. The van der Waals surface area contributed by atoms with Gasteiger partial charge in [0.15, 0.2) is 0 Å². The highest BCUT2D eigenvalue weighted by atomic mass is 32.3. The summed E-state index contributed by atoms with van der Waals surface area (Å²) in [6, 6.07) is 0. The third-order valence-electron chi connectivity index (χ3n) is 4.46. The van der Waals surface area contributed by atoms with E-state index in [9.17, 15) is 0 Å². The molecule has 0 N–H and O–H groups in total. The van der Waals surface area contributed by atoms with Gasteiger partial charge in [-0.2, -0.15) is 0 Å². The van der Waals surface area contributed by atoms with E-state index in [0.717, 1.165) is 17.1 Å². The van der Waals surface area contributed by atoms with Crippen molar-refractivity contribution in [2.24, 2.45) is 22.7 Å². The molecule has 18 heavy (non-hydrogen) atoms. The standard InChI is InChI=1S/C17H38S/c1-13(14(2)17(6,7)8)15(18(9,10)11)12-16(3,4)5/h13-15H,12H2,1-11H3.